The SMILES string of the molecule is NC(=O)CCC1CCN(C(=O)Nc2ccn(Cc3ccccc3)n2)CC1. The van der Waals surface area contributed by atoms with Crippen molar-refractivity contribution in [1.29, 1.82) is 0 Å². The van der Waals surface area contributed by atoms with Gasteiger partial charge in [0, 0.05) is 31.8 Å². The Bertz CT molecular complexity index is 735. The Morgan fingerprint density at radius 3 is 2.58 bits per heavy atom. The van der Waals surface area contributed by atoms with Crippen molar-refractivity contribution in [2.24, 2.45) is 11.7 Å². The summed E-state index contributed by atoms with van der Waals surface area (Å²) in [5, 5.41) is 7.27. The number of carbonyl (C=O) groups excluding carboxylic acids is 2. The van der Waals surface area contributed by atoms with Crippen LogP contribution in [0, 0.1) is 5.92 Å². The molecule has 1 aromatic heterocycles. The molecule has 1 aliphatic heterocycles. The fourth-order valence-electron chi connectivity index (χ4n) is 3.25. The fraction of sp³-hybridized carbons (Fsp3) is 0.421. The number of benzene rings is 1. The van der Waals surface area contributed by atoms with E-state index in [1.807, 2.05) is 36.5 Å². The summed E-state index contributed by atoms with van der Waals surface area (Å²) in [7, 11) is 0. The molecule has 2 heterocycles. The Labute approximate surface area is 153 Å². The van der Waals surface area contributed by atoms with Crippen LogP contribution in [0.5, 0.6) is 0 Å². The highest BCUT2D eigenvalue weighted by molar-refractivity contribution is 5.88. The predicted molar refractivity (Wildman–Crippen MR) is 99.5 cm³/mol. The van der Waals surface area contributed by atoms with Crippen LogP contribution in [0.2, 0.25) is 0 Å². The van der Waals surface area contributed by atoms with Gasteiger partial charge < -0.3 is 10.6 Å². The number of urea groups is 1. The van der Waals surface area contributed by atoms with Gasteiger partial charge in [-0.3, -0.25) is 14.8 Å². The lowest BCUT2D eigenvalue weighted by Crippen LogP contribution is -2.41. The minimum Gasteiger partial charge on any atom is -0.370 e. The van der Waals surface area contributed by atoms with Gasteiger partial charge in [0.15, 0.2) is 5.82 Å². The zero-order valence-corrected chi connectivity index (χ0v) is 14.8. The predicted octanol–water partition coefficient (Wildman–Crippen LogP) is 2.44. The number of piperidine rings is 1. The molecule has 0 aliphatic carbocycles. The average Bonchev–Trinajstić information content (AvgIpc) is 3.08. The third-order valence-electron chi connectivity index (χ3n) is 4.76. The molecule has 1 aromatic carbocycles. The number of carbonyl (C=O) groups is 2. The van der Waals surface area contributed by atoms with Gasteiger partial charge in [0.1, 0.15) is 0 Å². The van der Waals surface area contributed by atoms with Gasteiger partial charge in [0.05, 0.1) is 6.54 Å². The molecule has 26 heavy (non-hydrogen) atoms. The van der Waals surface area contributed by atoms with Crippen LogP contribution in [-0.2, 0) is 11.3 Å². The quantitative estimate of drug-likeness (QED) is 0.833. The number of nitrogens with two attached hydrogens (primary N) is 1. The van der Waals surface area contributed by atoms with E-state index in [2.05, 4.69) is 10.4 Å². The Kier molecular flexibility index (Phi) is 5.88. The van der Waals surface area contributed by atoms with Crippen molar-refractivity contribution in [2.75, 3.05) is 18.4 Å². The normalized spacial score (nSPS) is 15.0. The molecule has 1 fully saturated rings. The van der Waals surface area contributed by atoms with E-state index >= 15 is 0 Å². The summed E-state index contributed by atoms with van der Waals surface area (Å²) in [6, 6.07) is 11.7. The molecule has 0 unspecified atom stereocenters. The highest BCUT2D eigenvalue weighted by atomic mass is 16.2. The molecule has 1 saturated heterocycles. The standard InChI is InChI=1S/C19H25N5O2/c20-17(25)7-6-15-8-11-23(12-9-15)19(26)21-18-10-13-24(22-18)14-16-4-2-1-3-5-16/h1-5,10,13,15H,6-9,11-12,14H2,(H2,20,25)(H,21,22,26). The molecule has 138 valence electrons. The Morgan fingerprint density at radius 2 is 1.88 bits per heavy atom. The van der Waals surface area contributed by atoms with E-state index in [0.717, 1.165) is 24.8 Å². The second-order valence-electron chi connectivity index (χ2n) is 6.75. The van der Waals surface area contributed by atoms with E-state index in [4.69, 9.17) is 5.73 Å². The van der Waals surface area contributed by atoms with Crippen LogP contribution in [0.15, 0.2) is 42.6 Å². The highest BCUT2D eigenvalue weighted by Gasteiger charge is 2.23. The number of likely N-dealkylation sites (tertiary alicyclic amines) is 1. The second kappa shape index (κ2) is 8.51. The first-order valence-electron chi connectivity index (χ1n) is 9.02. The van der Waals surface area contributed by atoms with Crippen LogP contribution in [-0.4, -0.2) is 39.7 Å². The van der Waals surface area contributed by atoms with Crippen molar-refractivity contribution in [2.45, 2.75) is 32.2 Å². The summed E-state index contributed by atoms with van der Waals surface area (Å²) in [5.41, 5.74) is 6.36. The number of hydrogen-bond acceptors (Lipinski definition) is 3. The molecule has 0 atom stereocenters. The fourth-order valence-corrected chi connectivity index (χ4v) is 3.25. The number of primary amides is 1. The van der Waals surface area contributed by atoms with E-state index in [1.54, 1.807) is 15.6 Å². The maximum atomic E-state index is 12.4. The maximum absolute atomic E-state index is 12.4. The van der Waals surface area contributed by atoms with E-state index < -0.39 is 0 Å². The monoisotopic (exact) mass is 355 g/mol. The van der Waals surface area contributed by atoms with Crippen molar-refractivity contribution >= 4 is 17.8 Å². The lowest BCUT2D eigenvalue weighted by atomic mass is 9.92. The summed E-state index contributed by atoms with van der Waals surface area (Å²) in [6.45, 7) is 2.06. The van der Waals surface area contributed by atoms with Gasteiger partial charge in [0.2, 0.25) is 5.91 Å². The van der Waals surface area contributed by atoms with Crippen LogP contribution in [0.25, 0.3) is 0 Å². The molecule has 0 saturated carbocycles. The van der Waals surface area contributed by atoms with Gasteiger partial charge in [-0.2, -0.15) is 5.10 Å². The van der Waals surface area contributed by atoms with Crippen molar-refractivity contribution in [3.8, 4) is 0 Å². The van der Waals surface area contributed by atoms with Gasteiger partial charge >= 0.3 is 6.03 Å². The van der Waals surface area contributed by atoms with Crippen LogP contribution in [0.3, 0.4) is 0 Å². The van der Waals surface area contributed by atoms with Crippen LogP contribution >= 0.6 is 0 Å². The molecule has 0 bridgehead atoms. The smallest absolute Gasteiger partial charge is 0.323 e. The molecular formula is C19H25N5O2. The molecule has 2 aromatic rings. The minimum absolute atomic E-state index is 0.122. The second-order valence-corrected chi connectivity index (χ2v) is 6.75. The number of anilines is 1. The van der Waals surface area contributed by atoms with Gasteiger partial charge in [0.25, 0.3) is 0 Å². The summed E-state index contributed by atoms with van der Waals surface area (Å²) in [4.78, 5) is 25.1. The van der Waals surface area contributed by atoms with E-state index in [0.29, 0.717) is 37.8 Å². The third-order valence-corrected chi connectivity index (χ3v) is 4.76. The first kappa shape index (κ1) is 18.0. The number of nitrogens with one attached hydrogen (secondary N) is 1. The lowest BCUT2D eigenvalue weighted by Gasteiger charge is -2.31. The maximum Gasteiger partial charge on any atom is 0.323 e. The largest absolute Gasteiger partial charge is 0.370 e. The Balaban J connectivity index is 1.46. The van der Waals surface area contributed by atoms with Crippen LogP contribution in [0.1, 0.15) is 31.2 Å². The first-order chi connectivity index (χ1) is 12.6. The van der Waals surface area contributed by atoms with E-state index in [9.17, 15) is 9.59 Å². The minimum atomic E-state index is -0.253. The van der Waals surface area contributed by atoms with Crippen LogP contribution < -0.4 is 11.1 Å². The van der Waals surface area contributed by atoms with Gasteiger partial charge in [-0.15, -0.1) is 0 Å². The summed E-state index contributed by atoms with van der Waals surface area (Å²) in [6.07, 6.45) is 4.91. The number of aromatic nitrogens is 2. The van der Waals surface area contributed by atoms with Crippen molar-refractivity contribution < 1.29 is 9.59 Å². The number of nitrogens with zero attached hydrogens (tertiary/aromatic N) is 3. The topological polar surface area (TPSA) is 93.3 Å². The molecule has 3 N–H and O–H groups in total. The van der Waals surface area contributed by atoms with E-state index in [1.165, 1.54) is 0 Å². The molecule has 0 spiro atoms. The number of rotatable bonds is 6. The molecule has 7 nitrogen and oxygen atoms in total. The molecule has 7 heteroatoms. The Morgan fingerprint density at radius 1 is 1.15 bits per heavy atom. The van der Waals surface area contributed by atoms with E-state index in [-0.39, 0.29) is 11.9 Å². The lowest BCUT2D eigenvalue weighted by molar-refractivity contribution is -0.118. The van der Waals surface area contributed by atoms with Gasteiger partial charge in [-0.05, 0) is 30.7 Å². The highest BCUT2D eigenvalue weighted by Crippen LogP contribution is 2.22. The zero-order valence-electron chi connectivity index (χ0n) is 14.8. The summed E-state index contributed by atoms with van der Waals surface area (Å²) >= 11 is 0. The first-order valence-corrected chi connectivity index (χ1v) is 9.02. The molecule has 1 aliphatic rings. The van der Waals surface area contributed by atoms with Crippen molar-refractivity contribution in [1.82, 2.24) is 14.7 Å². The van der Waals surface area contributed by atoms with Gasteiger partial charge in [-0.25, -0.2) is 4.79 Å². The average molecular weight is 355 g/mol. The molecule has 3 amide bonds. The van der Waals surface area contributed by atoms with Crippen molar-refractivity contribution in [3.05, 3.63) is 48.2 Å². The van der Waals surface area contributed by atoms with Crippen LogP contribution in [0.4, 0.5) is 10.6 Å². The van der Waals surface area contributed by atoms with Crippen molar-refractivity contribution in [3.63, 3.8) is 0 Å². The molecule has 3 rings (SSSR count). The molecular weight excluding hydrogens is 330 g/mol. The zero-order chi connectivity index (χ0) is 18.4. The molecule has 0 radical (unpaired) electrons. The Hall–Kier alpha value is -2.83. The third kappa shape index (κ3) is 5.08. The summed E-state index contributed by atoms with van der Waals surface area (Å²) < 4.78 is 1.81. The summed E-state index contributed by atoms with van der Waals surface area (Å²) in [5.74, 6) is 0.773. The number of amides is 3. The van der Waals surface area contributed by atoms with Gasteiger partial charge in [-0.1, -0.05) is 30.3 Å². The number of hydrogen-bond donors (Lipinski definition) is 2.